The molecule has 1 aliphatic heterocycles. The van der Waals surface area contributed by atoms with Crippen LogP contribution in [0, 0.1) is 0 Å². The molecule has 1 aromatic heterocycles. The summed E-state index contributed by atoms with van der Waals surface area (Å²) in [4.78, 5) is 14.1. The van der Waals surface area contributed by atoms with Gasteiger partial charge in [-0.1, -0.05) is 0 Å². The van der Waals surface area contributed by atoms with E-state index in [4.69, 9.17) is 4.74 Å². The summed E-state index contributed by atoms with van der Waals surface area (Å²) in [5.74, 6) is 0.492. The Balaban J connectivity index is 1.73. The Morgan fingerprint density at radius 1 is 1.35 bits per heavy atom. The van der Waals surface area contributed by atoms with E-state index in [1.807, 2.05) is 6.92 Å². The van der Waals surface area contributed by atoms with Gasteiger partial charge in [0.15, 0.2) is 5.69 Å². The molecule has 1 aromatic rings. The second kappa shape index (κ2) is 7.76. The third-order valence-corrected chi connectivity index (χ3v) is 3.07. The van der Waals surface area contributed by atoms with Gasteiger partial charge in [0.05, 0.1) is 13.2 Å². The minimum atomic E-state index is -0.186. The third-order valence-electron chi connectivity index (χ3n) is 3.07. The van der Waals surface area contributed by atoms with Crippen LogP contribution in [0.3, 0.4) is 0 Å². The maximum absolute atomic E-state index is 11.9. The van der Waals surface area contributed by atoms with Gasteiger partial charge in [-0.15, -0.1) is 10.2 Å². The number of aromatic nitrogens is 2. The average molecular weight is 279 g/mol. The largest absolute Gasteiger partial charge is 0.379 e. The van der Waals surface area contributed by atoms with E-state index in [2.05, 4.69) is 25.7 Å². The first-order chi connectivity index (χ1) is 9.79. The predicted octanol–water partition coefficient (Wildman–Crippen LogP) is -0.0296. The van der Waals surface area contributed by atoms with Crippen LogP contribution in [0.2, 0.25) is 0 Å². The summed E-state index contributed by atoms with van der Waals surface area (Å²) in [5, 5.41) is 13.7. The van der Waals surface area contributed by atoms with E-state index in [0.717, 1.165) is 39.4 Å². The van der Waals surface area contributed by atoms with Crippen LogP contribution in [0.5, 0.6) is 0 Å². The van der Waals surface area contributed by atoms with Crippen LogP contribution in [-0.2, 0) is 4.74 Å². The number of nitrogens with one attached hydrogen (secondary N) is 2. The summed E-state index contributed by atoms with van der Waals surface area (Å²) in [5.41, 5.74) is 0.341. The van der Waals surface area contributed by atoms with Gasteiger partial charge >= 0.3 is 0 Å². The minimum absolute atomic E-state index is 0.186. The van der Waals surface area contributed by atoms with E-state index in [0.29, 0.717) is 18.1 Å². The monoisotopic (exact) mass is 279 g/mol. The number of hydrogen-bond acceptors (Lipinski definition) is 6. The number of carbonyl (C=O) groups excluding carboxylic acids is 1. The highest BCUT2D eigenvalue weighted by Crippen LogP contribution is 2.01. The third kappa shape index (κ3) is 4.43. The number of hydrogen-bond donors (Lipinski definition) is 2. The van der Waals surface area contributed by atoms with Crippen LogP contribution in [0.15, 0.2) is 12.1 Å². The Kier molecular flexibility index (Phi) is 5.69. The van der Waals surface area contributed by atoms with Crippen molar-refractivity contribution in [2.45, 2.75) is 6.92 Å². The van der Waals surface area contributed by atoms with E-state index in [-0.39, 0.29) is 5.91 Å². The summed E-state index contributed by atoms with van der Waals surface area (Å²) in [6.45, 7) is 7.58. The van der Waals surface area contributed by atoms with Crippen molar-refractivity contribution in [1.29, 1.82) is 0 Å². The molecule has 0 atom stereocenters. The normalized spacial score (nSPS) is 15.8. The molecule has 7 nitrogen and oxygen atoms in total. The molecular formula is C13H21N5O2. The minimum Gasteiger partial charge on any atom is -0.379 e. The number of morpholine rings is 1. The first-order valence-corrected chi connectivity index (χ1v) is 6.95. The molecule has 7 heteroatoms. The molecule has 0 bridgehead atoms. The second-order valence-corrected chi connectivity index (χ2v) is 4.54. The van der Waals surface area contributed by atoms with Gasteiger partial charge in [-0.25, -0.2) is 0 Å². The number of ether oxygens (including phenoxy) is 1. The highest BCUT2D eigenvalue weighted by Gasteiger charge is 2.11. The zero-order valence-electron chi connectivity index (χ0n) is 11.8. The van der Waals surface area contributed by atoms with E-state index in [1.54, 1.807) is 12.1 Å². The molecule has 1 saturated heterocycles. The Morgan fingerprint density at radius 3 is 2.80 bits per heavy atom. The second-order valence-electron chi connectivity index (χ2n) is 4.54. The summed E-state index contributed by atoms with van der Waals surface area (Å²) in [6, 6.07) is 3.43. The zero-order valence-corrected chi connectivity index (χ0v) is 11.8. The molecule has 0 aromatic carbocycles. The molecule has 0 aliphatic carbocycles. The molecule has 1 aliphatic rings. The van der Waals surface area contributed by atoms with Crippen LogP contribution < -0.4 is 10.6 Å². The molecule has 20 heavy (non-hydrogen) atoms. The Bertz CT molecular complexity index is 417. The van der Waals surface area contributed by atoms with E-state index in [9.17, 15) is 4.79 Å². The van der Waals surface area contributed by atoms with Crippen molar-refractivity contribution < 1.29 is 9.53 Å². The van der Waals surface area contributed by atoms with Crippen molar-refractivity contribution in [3.05, 3.63) is 17.8 Å². The summed E-state index contributed by atoms with van der Waals surface area (Å²) < 4.78 is 5.27. The Morgan fingerprint density at radius 2 is 2.15 bits per heavy atom. The molecule has 1 fully saturated rings. The van der Waals surface area contributed by atoms with Crippen LogP contribution >= 0.6 is 0 Å². The van der Waals surface area contributed by atoms with Crippen LogP contribution in [0.4, 0.5) is 5.82 Å². The molecule has 0 radical (unpaired) electrons. The fraction of sp³-hybridized carbons (Fsp3) is 0.615. The lowest BCUT2D eigenvalue weighted by Crippen LogP contribution is -2.41. The molecule has 0 unspecified atom stereocenters. The van der Waals surface area contributed by atoms with Gasteiger partial charge in [-0.05, 0) is 19.1 Å². The molecule has 0 spiro atoms. The first-order valence-electron chi connectivity index (χ1n) is 6.95. The molecule has 2 heterocycles. The van der Waals surface area contributed by atoms with Gasteiger partial charge in [-0.3, -0.25) is 9.69 Å². The van der Waals surface area contributed by atoms with Crippen molar-refractivity contribution in [3.8, 4) is 0 Å². The standard InChI is InChI=1S/C13H21N5O2/c1-2-14-12-4-3-11(16-17-12)13(19)15-5-6-18-7-9-20-10-8-18/h3-4H,2,5-10H2,1H3,(H,14,17)(H,15,19). The van der Waals surface area contributed by atoms with Gasteiger partial charge in [0.1, 0.15) is 5.82 Å². The summed E-state index contributed by atoms with van der Waals surface area (Å²) >= 11 is 0. The summed E-state index contributed by atoms with van der Waals surface area (Å²) in [7, 11) is 0. The van der Waals surface area contributed by atoms with E-state index < -0.39 is 0 Å². The van der Waals surface area contributed by atoms with Gasteiger partial charge in [0, 0.05) is 32.7 Å². The number of rotatable bonds is 6. The van der Waals surface area contributed by atoms with Crippen LogP contribution in [0.25, 0.3) is 0 Å². The average Bonchev–Trinajstić information content (AvgIpc) is 2.49. The van der Waals surface area contributed by atoms with Crippen molar-refractivity contribution in [2.75, 3.05) is 51.3 Å². The lowest BCUT2D eigenvalue weighted by molar-refractivity contribution is 0.0383. The zero-order chi connectivity index (χ0) is 14.2. The van der Waals surface area contributed by atoms with Crippen molar-refractivity contribution >= 4 is 11.7 Å². The fourth-order valence-electron chi connectivity index (χ4n) is 1.97. The molecule has 2 N–H and O–H groups in total. The van der Waals surface area contributed by atoms with Gasteiger partial charge in [0.25, 0.3) is 5.91 Å². The molecule has 110 valence electrons. The molecule has 2 rings (SSSR count). The number of carbonyl (C=O) groups is 1. The van der Waals surface area contributed by atoms with Crippen LogP contribution in [0.1, 0.15) is 17.4 Å². The predicted molar refractivity (Wildman–Crippen MR) is 75.8 cm³/mol. The maximum atomic E-state index is 11.9. The Labute approximate surface area is 118 Å². The van der Waals surface area contributed by atoms with Crippen molar-refractivity contribution in [1.82, 2.24) is 20.4 Å². The smallest absolute Gasteiger partial charge is 0.271 e. The SMILES string of the molecule is CCNc1ccc(C(=O)NCCN2CCOCC2)nn1. The lowest BCUT2D eigenvalue weighted by atomic mass is 10.3. The number of nitrogens with zero attached hydrogens (tertiary/aromatic N) is 3. The fourth-order valence-corrected chi connectivity index (χ4v) is 1.97. The summed E-state index contributed by atoms with van der Waals surface area (Å²) in [6.07, 6.45) is 0. The Hall–Kier alpha value is -1.73. The topological polar surface area (TPSA) is 79.4 Å². The number of anilines is 1. The quantitative estimate of drug-likeness (QED) is 0.761. The van der Waals surface area contributed by atoms with Gasteiger partial charge < -0.3 is 15.4 Å². The molecular weight excluding hydrogens is 258 g/mol. The highest BCUT2D eigenvalue weighted by molar-refractivity contribution is 5.92. The highest BCUT2D eigenvalue weighted by atomic mass is 16.5. The molecule has 1 amide bonds. The molecule has 0 saturated carbocycles. The lowest BCUT2D eigenvalue weighted by Gasteiger charge is -2.26. The van der Waals surface area contributed by atoms with E-state index >= 15 is 0 Å². The van der Waals surface area contributed by atoms with E-state index in [1.165, 1.54) is 0 Å². The van der Waals surface area contributed by atoms with Crippen molar-refractivity contribution in [2.24, 2.45) is 0 Å². The van der Waals surface area contributed by atoms with Gasteiger partial charge in [0.2, 0.25) is 0 Å². The van der Waals surface area contributed by atoms with Crippen molar-refractivity contribution in [3.63, 3.8) is 0 Å². The number of amides is 1. The maximum Gasteiger partial charge on any atom is 0.271 e. The van der Waals surface area contributed by atoms with Crippen LogP contribution in [-0.4, -0.2) is 66.9 Å². The first kappa shape index (κ1) is 14.7. The van der Waals surface area contributed by atoms with Gasteiger partial charge in [-0.2, -0.15) is 0 Å².